The Labute approximate surface area is 49.5 Å². The van der Waals surface area contributed by atoms with Crippen LogP contribution in [0.15, 0.2) is 5.16 Å². The van der Waals surface area contributed by atoms with Gasteiger partial charge in [0.1, 0.15) is 5.60 Å². The molecule has 0 bridgehead atoms. The first-order valence-corrected chi connectivity index (χ1v) is 2.52. The molecule has 0 fully saturated rings. The molecule has 2 nitrogen and oxygen atoms in total. The molecule has 0 amide bonds. The predicted molar refractivity (Wildman–Crippen MR) is 32.3 cm³/mol. The maximum absolute atomic E-state index is 4.82. The van der Waals surface area contributed by atoms with Gasteiger partial charge in [-0.1, -0.05) is 5.16 Å². The minimum atomic E-state index is -0.538. The van der Waals surface area contributed by atoms with Crippen LogP contribution in [0.25, 0.3) is 0 Å². The quantitative estimate of drug-likeness (QED) is 0.460. The van der Waals surface area contributed by atoms with Gasteiger partial charge in [0.05, 0.1) is 5.71 Å². The smallest absolute Gasteiger partial charge is 0.143 e. The molecule has 44 valence electrons. The van der Waals surface area contributed by atoms with Crippen molar-refractivity contribution in [2.45, 2.75) is 18.9 Å². The van der Waals surface area contributed by atoms with Gasteiger partial charge in [-0.3, -0.25) is 0 Å². The van der Waals surface area contributed by atoms with Crippen LogP contribution < -0.4 is 0 Å². The van der Waals surface area contributed by atoms with Crippen molar-refractivity contribution in [3.8, 4) is 0 Å². The number of oxime groups is 1. The van der Waals surface area contributed by atoms with Crippen LogP contribution in [0.2, 0.25) is 0 Å². The summed E-state index contributed by atoms with van der Waals surface area (Å²) < 4.78 is 0. The van der Waals surface area contributed by atoms with E-state index >= 15 is 0 Å². The molecule has 0 aliphatic carbocycles. The van der Waals surface area contributed by atoms with E-state index in [0.717, 1.165) is 12.1 Å². The van der Waals surface area contributed by atoms with Gasteiger partial charge in [0, 0.05) is 6.42 Å². The highest BCUT2D eigenvalue weighted by atomic mass is 16.7. The van der Waals surface area contributed by atoms with Gasteiger partial charge in [-0.15, -0.1) is 0 Å². The summed E-state index contributed by atoms with van der Waals surface area (Å²) in [7, 11) is 0. The van der Waals surface area contributed by atoms with Crippen LogP contribution in [0.4, 0.5) is 0 Å². The summed E-state index contributed by atoms with van der Waals surface area (Å²) in [6, 6.07) is 0. The van der Waals surface area contributed by atoms with Gasteiger partial charge in [-0.05, 0) is 20.8 Å². The van der Waals surface area contributed by atoms with Gasteiger partial charge in [0.15, 0.2) is 0 Å². The molecule has 0 saturated carbocycles. The monoisotopic (exact) mass is 111 g/mol. The Morgan fingerprint density at radius 2 is 2.38 bits per heavy atom. The average molecular weight is 111 g/mol. The van der Waals surface area contributed by atoms with Crippen molar-refractivity contribution in [2.75, 3.05) is 0 Å². The van der Waals surface area contributed by atoms with Crippen molar-refractivity contribution in [1.29, 1.82) is 0 Å². The lowest BCUT2D eigenvalue weighted by Crippen LogP contribution is -2.19. The Kier molecular flexibility index (Phi) is 1.03. The highest BCUT2D eigenvalue weighted by Crippen LogP contribution is 2.20. The molecule has 0 unspecified atom stereocenters. The van der Waals surface area contributed by atoms with Gasteiger partial charge < -0.3 is 4.84 Å². The Morgan fingerprint density at radius 1 is 1.75 bits per heavy atom. The van der Waals surface area contributed by atoms with Gasteiger partial charge in [-0.25, -0.2) is 0 Å². The minimum Gasteiger partial charge on any atom is -0.389 e. The topological polar surface area (TPSA) is 21.6 Å². The highest BCUT2D eigenvalue weighted by molar-refractivity contribution is 5.83. The van der Waals surface area contributed by atoms with Crippen LogP contribution in [-0.4, -0.2) is 11.3 Å². The molecule has 8 heavy (non-hydrogen) atoms. The molecular formula is C6H9NO. The average Bonchev–Trinajstić information content (AvgIpc) is 1.82. The third-order valence-corrected chi connectivity index (χ3v) is 0.973. The van der Waals surface area contributed by atoms with E-state index in [1.54, 1.807) is 0 Å². The maximum atomic E-state index is 4.82. The van der Waals surface area contributed by atoms with Crippen molar-refractivity contribution in [1.82, 2.24) is 0 Å². The van der Waals surface area contributed by atoms with E-state index in [2.05, 4.69) is 19.0 Å². The first-order valence-electron chi connectivity index (χ1n) is 2.52. The van der Waals surface area contributed by atoms with Crippen LogP contribution in [0.1, 0.15) is 13.3 Å². The Balaban J connectivity index is 2.55. The van der Waals surface area contributed by atoms with Gasteiger partial charge in [0.2, 0.25) is 0 Å². The second-order valence-corrected chi connectivity index (χ2v) is 2.28. The summed E-state index contributed by atoms with van der Waals surface area (Å²) in [5, 5.41) is 3.68. The standard InChI is InChI=1S/C6H9NO/c1-5-4-6(2,3)8-7-5/h2-4H2,1H3. The van der Waals surface area contributed by atoms with Crippen LogP contribution >= 0.6 is 0 Å². The molecular weight excluding hydrogens is 102 g/mol. The van der Waals surface area contributed by atoms with Gasteiger partial charge in [0.25, 0.3) is 0 Å². The molecule has 0 aromatic rings. The van der Waals surface area contributed by atoms with Crippen molar-refractivity contribution in [2.24, 2.45) is 5.16 Å². The minimum absolute atomic E-state index is 0.538. The molecule has 2 radical (unpaired) electrons. The zero-order chi connectivity index (χ0) is 6.20. The second kappa shape index (κ2) is 1.47. The van der Waals surface area contributed by atoms with E-state index in [0.29, 0.717) is 0 Å². The Bertz CT molecular complexity index is 126. The molecule has 0 atom stereocenters. The fourth-order valence-corrected chi connectivity index (χ4v) is 0.706. The van der Waals surface area contributed by atoms with Crippen molar-refractivity contribution in [3.63, 3.8) is 0 Å². The lowest BCUT2D eigenvalue weighted by molar-refractivity contribution is 0.0549. The summed E-state index contributed by atoms with van der Waals surface area (Å²) in [5.41, 5.74) is 0.430. The fraction of sp³-hybridized carbons (Fsp3) is 0.500. The van der Waals surface area contributed by atoms with Gasteiger partial charge >= 0.3 is 0 Å². The molecule has 0 saturated heterocycles. The predicted octanol–water partition coefficient (Wildman–Crippen LogP) is 1.19. The third kappa shape index (κ3) is 0.997. The van der Waals surface area contributed by atoms with E-state index in [1.807, 2.05) is 6.92 Å². The summed E-state index contributed by atoms with van der Waals surface area (Å²) >= 11 is 0. The molecule has 0 aromatic heterocycles. The molecule has 0 spiro atoms. The van der Waals surface area contributed by atoms with Crippen LogP contribution in [0.3, 0.4) is 0 Å². The summed E-state index contributed by atoms with van der Waals surface area (Å²) in [4.78, 5) is 4.82. The zero-order valence-electron chi connectivity index (χ0n) is 4.98. The molecule has 0 aromatic carbocycles. The largest absolute Gasteiger partial charge is 0.389 e. The summed E-state index contributed by atoms with van der Waals surface area (Å²) in [6.45, 7) is 9.24. The highest BCUT2D eigenvalue weighted by Gasteiger charge is 2.26. The van der Waals surface area contributed by atoms with Crippen molar-refractivity contribution < 1.29 is 4.84 Å². The van der Waals surface area contributed by atoms with Crippen LogP contribution in [0, 0.1) is 13.8 Å². The van der Waals surface area contributed by atoms with E-state index in [4.69, 9.17) is 4.84 Å². The number of rotatable bonds is 0. The Hall–Kier alpha value is -0.530. The van der Waals surface area contributed by atoms with Crippen molar-refractivity contribution in [3.05, 3.63) is 13.8 Å². The van der Waals surface area contributed by atoms with E-state index in [1.165, 1.54) is 0 Å². The third-order valence-electron chi connectivity index (χ3n) is 0.973. The summed E-state index contributed by atoms with van der Waals surface area (Å²) in [5.74, 6) is 0. The zero-order valence-corrected chi connectivity index (χ0v) is 4.98. The summed E-state index contributed by atoms with van der Waals surface area (Å²) in [6.07, 6.45) is 0.743. The molecule has 0 N–H and O–H groups in total. The molecule has 1 aliphatic heterocycles. The van der Waals surface area contributed by atoms with Crippen LogP contribution in [-0.2, 0) is 4.84 Å². The van der Waals surface area contributed by atoms with Crippen molar-refractivity contribution >= 4 is 5.71 Å². The molecule has 2 heteroatoms. The molecule has 1 rings (SSSR count). The van der Waals surface area contributed by atoms with E-state index < -0.39 is 5.60 Å². The van der Waals surface area contributed by atoms with Gasteiger partial charge in [-0.2, -0.15) is 0 Å². The molecule has 1 aliphatic rings. The first-order chi connectivity index (χ1) is 3.60. The normalized spacial score (nSPS) is 24.6. The Morgan fingerprint density at radius 3 is 2.50 bits per heavy atom. The SMILES string of the molecule is [CH2]C1([CH2])CC(C)=NO1. The van der Waals surface area contributed by atoms with E-state index in [9.17, 15) is 0 Å². The number of hydrogen-bond donors (Lipinski definition) is 0. The lowest BCUT2D eigenvalue weighted by Gasteiger charge is -2.12. The van der Waals surface area contributed by atoms with Crippen LogP contribution in [0.5, 0.6) is 0 Å². The van der Waals surface area contributed by atoms with E-state index in [-0.39, 0.29) is 0 Å². The second-order valence-electron chi connectivity index (χ2n) is 2.28. The number of nitrogens with zero attached hydrogens (tertiary/aromatic N) is 1. The number of hydrogen-bond acceptors (Lipinski definition) is 2. The fourth-order valence-electron chi connectivity index (χ4n) is 0.706. The lowest BCUT2D eigenvalue weighted by atomic mass is 10.0. The molecule has 1 heterocycles. The first kappa shape index (κ1) is 5.60. The maximum Gasteiger partial charge on any atom is 0.143 e.